The summed E-state index contributed by atoms with van der Waals surface area (Å²) in [5, 5.41) is 3.53. The number of hydrogen-bond acceptors (Lipinski definition) is 4. The van der Waals surface area contributed by atoms with Gasteiger partial charge in [0, 0.05) is 30.9 Å². The molecule has 1 N–H and O–H groups in total. The molecule has 0 spiro atoms. The van der Waals surface area contributed by atoms with Gasteiger partial charge in [-0.25, -0.2) is 0 Å². The van der Waals surface area contributed by atoms with Crippen molar-refractivity contribution in [3.63, 3.8) is 0 Å². The van der Waals surface area contributed by atoms with Crippen molar-refractivity contribution in [2.45, 2.75) is 25.8 Å². The van der Waals surface area contributed by atoms with Crippen molar-refractivity contribution in [1.82, 2.24) is 5.32 Å². The quantitative estimate of drug-likeness (QED) is 0.908. The van der Waals surface area contributed by atoms with Gasteiger partial charge in [0.05, 0.1) is 14.2 Å². The van der Waals surface area contributed by atoms with Gasteiger partial charge in [0.1, 0.15) is 0 Å². The number of nitrogens with zero attached hydrogens (tertiary/aromatic N) is 1. The zero-order valence-electron chi connectivity index (χ0n) is 12.1. The highest BCUT2D eigenvalue weighted by molar-refractivity contribution is 5.56. The Hall–Kier alpha value is -1.42. The van der Waals surface area contributed by atoms with Gasteiger partial charge in [-0.15, -0.1) is 0 Å². The Morgan fingerprint density at radius 3 is 2.68 bits per heavy atom. The van der Waals surface area contributed by atoms with Crippen molar-refractivity contribution >= 4 is 5.69 Å². The van der Waals surface area contributed by atoms with E-state index in [1.165, 1.54) is 12.1 Å². The fourth-order valence-corrected chi connectivity index (χ4v) is 2.46. The molecule has 19 heavy (non-hydrogen) atoms. The highest BCUT2D eigenvalue weighted by Crippen LogP contribution is 2.31. The van der Waals surface area contributed by atoms with E-state index in [1.807, 2.05) is 6.07 Å². The van der Waals surface area contributed by atoms with Gasteiger partial charge in [0.25, 0.3) is 0 Å². The molecule has 1 unspecified atom stereocenters. The summed E-state index contributed by atoms with van der Waals surface area (Å²) >= 11 is 0. The molecule has 1 heterocycles. The molecule has 2 rings (SSSR count). The molecular weight excluding hydrogens is 240 g/mol. The van der Waals surface area contributed by atoms with Crippen LogP contribution in [0, 0.1) is 0 Å². The number of anilines is 1. The Morgan fingerprint density at radius 2 is 1.95 bits per heavy atom. The van der Waals surface area contributed by atoms with E-state index in [2.05, 4.69) is 29.3 Å². The van der Waals surface area contributed by atoms with Crippen LogP contribution in [0.5, 0.6) is 11.5 Å². The summed E-state index contributed by atoms with van der Waals surface area (Å²) in [7, 11) is 3.35. The smallest absolute Gasteiger partial charge is 0.162 e. The first-order valence-electron chi connectivity index (χ1n) is 6.95. The second-order valence-corrected chi connectivity index (χ2v) is 5.02. The van der Waals surface area contributed by atoms with Crippen molar-refractivity contribution in [1.29, 1.82) is 0 Å². The summed E-state index contributed by atoms with van der Waals surface area (Å²) < 4.78 is 10.7. The Kier molecular flexibility index (Phi) is 4.91. The molecule has 1 aromatic rings. The van der Waals surface area contributed by atoms with Crippen molar-refractivity contribution in [2.24, 2.45) is 0 Å². The fraction of sp³-hybridized carbons (Fsp3) is 0.600. The zero-order valence-corrected chi connectivity index (χ0v) is 12.1. The number of methoxy groups -OCH3 is 2. The zero-order chi connectivity index (χ0) is 13.7. The number of ether oxygens (including phenoxy) is 2. The molecule has 1 aliphatic heterocycles. The monoisotopic (exact) mass is 264 g/mol. The van der Waals surface area contributed by atoms with E-state index in [9.17, 15) is 0 Å². The number of benzene rings is 1. The molecule has 0 aliphatic carbocycles. The molecule has 0 amide bonds. The molecule has 0 aromatic heterocycles. The van der Waals surface area contributed by atoms with Crippen LogP contribution in [0.3, 0.4) is 0 Å². The second kappa shape index (κ2) is 6.66. The van der Waals surface area contributed by atoms with Gasteiger partial charge in [0.2, 0.25) is 0 Å². The lowest BCUT2D eigenvalue weighted by atomic mass is 10.1. The molecule has 1 fully saturated rings. The summed E-state index contributed by atoms with van der Waals surface area (Å²) in [6.07, 6.45) is 2.33. The third-order valence-electron chi connectivity index (χ3n) is 3.66. The standard InChI is InChI=1S/C15H24N2O2/c1-12-7-10-17(9-4-8-16-12)13-5-6-14(18-2)15(11-13)19-3/h5-6,11-12,16H,4,7-10H2,1-3H3. The van der Waals surface area contributed by atoms with Gasteiger partial charge in [0.15, 0.2) is 11.5 Å². The van der Waals surface area contributed by atoms with Crippen molar-refractivity contribution in [3.8, 4) is 11.5 Å². The van der Waals surface area contributed by atoms with Gasteiger partial charge >= 0.3 is 0 Å². The average molecular weight is 264 g/mol. The topological polar surface area (TPSA) is 33.7 Å². The van der Waals surface area contributed by atoms with Crippen LogP contribution < -0.4 is 19.7 Å². The Labute approximate surface area is 115 Å². The van der Waals surface area contributed by atoms with Gasteiger partial charge in [-0.3, -0.25) is 0 Å². The average Bonchev–Trinajstić information content (AvgIpc) is 2.43. The van der Waals surface area contributed by atoms with Gasteiger partial charge in [-0.1, -0.05) is 0 Å². The summed E-state index contributed by atoms with van der Waals surface area (Å²) in [6.45, 7) is 5.49. The minimum absolute atomic E-state index is 0.586. The van der Waals surface area contributed by atoms with Crippen LogP contribution in [0.25, 0.3) is 0 Å². The first-order chi connectivity index (χ1) is 9.24. The lowest BCUT2D eigenvalue weighted by Gasteiger charge is -2.30. The Morgan fingerprint density at radius 1 is 1.16 bits per heavy atom. The molecule has 1 aliphatic rings. The number of hydrogen-bond donors (Lipinski definition) is 1. The predicted octanol–water partition coefficient (Wildman–Crippen LogP) is 2.28. The van der Waals surface area contributed by atoms with E-state index in [0.29, 0.717) is 6.04 Å². The highest BCUT2D eigenvalue weighted by atomic mass is 16.5. The van der Waals surface area contributed by atoms with Crippen molar-refractivity contribution in [3.05, 3.63) is 18.2 Å². The number of rotatable bonds is 3. The lowest BCUT2D eigenvalue weighted by molar-refractivity contribution is 0.355. The van der Waals surface area contributed by atoms with Crippen LogP contribution in [-0.4, -0.2) is 39.9 Å². The van der Waals surface area contributed by atoms with Gasteiger partial charge in [-0.05, 0) is 38.4 Å². The van der Waals surface area contributed by atoms with E-state index in [4.69, 9.17) is 9.47 Å². The maximum absolute atomic E-state index is 5.38. The van der Waals surface area contributed by atoms with Gasteiger partial charge < -0.3 is 19.7 Å². The van der Waals surface area contributed by atoms with E-state index in [1.54, 1.807) is 14.2 Å². The van der Waals surface area contributed by atoms with E-state index in [-0.39, 0.29) is 0 Å². The molecule has 1 atom stereocenters. The molecule has 0 radical (unpaired) electrons. The third kappa shape index (κ3) is 3.53. The molecule has 1 aromatic carbocycles. The predicted molar refractivity (Wildman–Crippen MR) is 78.5 cm³/mol. The fourth-order valence-electron chi connectivity index (χ4n) is 2.46. The summed E-state index contributed by atoms with van der Waals surface area (Å²) in [5.41, 5.74) is 1.21. The van der Waals surface area contributed by atoms with Crippen LogP contribution in [-0.2, 0) is 0 Å². The maximum Gasteiger partial charge on any atom is 0.162 e. The van der Waals surface area contributed by atoms with Crippen LogP contribution >= 0.6 is 0 Å². The molecule has 0 saturated carbocycles. The molecule has 1 saturated heterocycles. The van der Waals surface area contributed by atoms with Crippen LogP contribution in [0.2, 0.25) is 0 Å². The molecule has 106 valence electrons. The minimum Gasteiger partial charge on any atom is -0.493 e. The molecule has 0 bridgehead atoms. The lowest BCUT2D eigenvalue weighted by Crippen LogP contribution is -2.38. The minimum atomic E-state index is 0.586. The largest absolute Gasteiger partial charge is 0.493 e. The first kappa shape index (κ1) is 14.0. The summed E-state index contributed by atoms with van der Waals surface area (Å²) in [6, 6.07) is 6.75. The Bertz CT molecular complexity index is 409. The molecule has 4 heteroatoms. The maximum atomic E-state index is 5.38. The highest BCUT2D eigenvalue weighted by Gasteiger charge is 2.14. The van der Waals surface area contributed by atoms with Crippen LogP contribution in [0.1, 0.15) is 19.8 Å². The van der Waals surface area contributed by atoms with Crippen molar-refractivity contribution < 1.29 is 9.47 Å². The van der Waals surface area contributed by atoms with Crippen LogP contribution in [0.4, 0.5) is 5.69 Å². The SMILES string of the molecule is COc1ccc(N2CCCNC(C)CC2)cc1OC. The number of nitrogens with one attached hydrogen (secondary N) is 1. The van der Waals surface area contributed by atoms with E-state index >= 15 is 0 Å². The summed E-state index contributed by atoms with van der Waals surface area (Å²) in [5.74, 6) is 1.58. The van der Waals surface area contributed by atoms with Gasteiger partial charge in [-0.2, -0.15) is 0 Å². The van der Waals surface area contributed by atoms with Crippen LogP contribution in [0.15, 0.2) is 18.2 Å². The second-order valence-electron chi connectivity index (χ2n) is 5.02. The molecular formula is C15H24N2O2. The third-order valence-corrected chi connectivity index (χ3v) is 3.66. The Balaban J connectivity index is 2.15. The first-order valence-corrected chi connectivity index (χ1v) is 6.95. The van der Waals surface area contributed by atoms with Crippen molar-refractivity contribution in [2.75, 3.05) is 38.8 Å². The van der Waals surface area contributed by atoms with E-state index < -0.39 is 0 Å². The van der Waals surface area contributed by atoms with E-state index in [0.717, 1.165) is 37.6 Å². The normalized spacial score (nSPS) is 20.6. The molecule has 4 nitrogen and oxygen atoms in total. The summed E-state index contributed by atoms with van der Waals surface area (Å²) in [4.78, 5) is 2.43.